The number of rotatable bonds is 3. The van der Waals surface area contributed by atoms with E-state index in [-0.39, 0.29) is 5.54 Å². The molecule has 0 spiro atoms. The number of methoxy groups -OCH3 is 1. The van der Waals surface area contributed by atoms with Crippen LogP contribution < -0.4 is 0 Å². The summed E-state index contributed by atoms with van der Waals surface area (Å²) < 4.78 is 12.6. The molecule has 0 aliphatic heterocycles. The van der Waals surface area contributed by atoms with Gasteiger partial charge in [-0.2, -0.15) is 5.10 Å². The van der Waals surface area contributed by atoms with Gasteiger partial charge in [-0.05, 0) is 33.0 Å². The number of nitrogens with one attached hydrogen (secondary N) is 1. The van der Waals surface area contributed by atoms with Gasteiger partial charge < -0.3 is 9.26 Å². The van der Waals surface area contributed by atoms with Gasteiger partial charge in [0, 0.05) is 18.7 Å². The molecular formula is C11H16N4O2S. The maximum Gasteiger partial charge on any atom is 0.195 e. The lowest BCUT2D eigenvalue weighted by molar-refractivity contribution is 0.156. The summed E-state index contributed by atoms with van der Waals surface area (Å²) in [5, 5.41) is 11.0. The lowest BCUT2D eigenvalue weighted by atomic mass is 10.1. The van der Waals surface area contributed by atoms with Crippen molar-refractivity contribution in [2.75, 3.05) is 7.11 Å². The molecule has 2 heterocycles. The van der Waals surface area contributed by atoms with Crippen LogP contribution in [0.3, 0.4) is 0 Å². The van der Waals surface area contributed by atoms with Crippen LogP contribution in [-0.4, -0.2) is 27.0 Å². The Labute approximate surface area is 110 Å². The molecule has 0 atom stereocenters. The third kappa shape index (κ3) is 2.37. The first-order valence-electron chi connectivity index (χ1n) is 5.56. The van der Waals surface area contributed by atoms with Crippen molar-refractivity contribution >= 4 is 12.2 Å². The fraction of sp³-hybridized carbons (Fsp3) is 0.545. The van der Waals surface area contributed by atoms with Crippen LogP contribution in [0.5, 0.6) is 0 Å². The molecule has 2 rings (SSSR count). The Kier molecular flexibility index (Phi) is 3.36. The van der Waals surface area contributed by atoms with Crippen LogP contribution in [0.4, 0.5) is 0 Å². The molecule has 18 heavy (non-hydrogen) atoms. The number of hydrogen-bond acceptors (Lipinski definition) is 5. The van der Waals surface area contributed by atoms with Crippen molar-refractivity contribution in [3.05, 3.63) is 16.6 Å². The van der Waals surface area contributed by atoms with Crippen molar-refractivity contribution in [2.24, 2.45) is 0 Å². The quantitative estimate of drug-likeness (QED) is 0.866. The minimum Gasteiger partial charge on any atom is -0.377 e. The number of H-pyrrole nitrogens is 1. The summed E-state index contributed by atoms with van der Waals surface area (Å²) in [6, 6.07) is 1.80. The Morgan fingerprint density at radius 3 is 2.83 bits per heavy atom. The summed E-state index contributed by atoms with van der Waals surface area (Å²) in [5.74, 6) is 1.32. The Hall–Kier alpha value is -1.47. The second kappa shape index (κ2) is 4.66. The van der Waals surface area contributed by atoms with Crippen LogP contribution in [0.25, 0.3) is 11.5 Å². The van der Waals surface area contributed by atoms with E-state index >= 15 is 0 Å². The third-order valence-corrected chi connectivity index (χ3v) is 2.69. The predicted octanol–water partition coefficient (Wildman–Crippen LogP) is 2.50. The Balaban J connectivity index is 2.48. The van der Waals surface area contributed by atoms with Crippen molar-refractivity contribution in [1.29, 1.82) is 0 Å². The third-order valence-electron chi connectivity index (χ3n) is 2.42. The maximum absolute atomic E-state index is 5.24. The first-order chi connectivity index (χ1) is 8.43. The van der Waals surface area contributed by atoms with Crippen molar-refractivity contribution in [1.82, 2.24) is 19.9 Å². The maximum atomic E-state index is 5.24. The molecule has 98 valence electrons. The van der Waals surface area contributed by atoms with Crippen molar-refractivity contribution in [3.8, 4) is 11.5 Å². The molecule has 0 unspecified atom stereocenters. The molecule has 2 aromatic rings. The lowest BCUT2D eigenvalue weighted by Gasteiger charge is -2.21. The molecule has 0 radical (unpaired) electrons. The van der Waals surface area contributed by atoms with Crippen LogP contribution in [0.2, 0.25) is 0 Å². The van der Waals surface area contributed by atoms with E-state index in [2.05, 4.69) is 36.1 Å². The highest BCUT2D eigenvalue weighted by molar-refractivity contribution is 7.71. The minimum absolute atomic E-state index is 0.181. The van der Waals surface area contributed by atoms with Gasteiger partial charge in [0.05, 0.1) is 0 Å². The average molecular weight is 268 g/mol. The van der Waals surface area contributed by atoms with E-state index in [1.165, 1.54) is 0 Å². The molecule has 7 heteroatoms. The molecule has 6 nitrogen and oxygen atoms in total. The van der Waals surface area contributed by atoms with E-state index in [1.54, 1.807) is 13.2 Å². The van der Waals surface area contributed by atoms with Crippen LogP contribution in [0, 0.1) is 4.77 Å². The van der Waals surface area contributed by atoms with Gasteiger partial charge in [0.1, 0.15) is 6.61 Å². The second-order valence-electron chi connectivity index (χ2n) is 4.97. The van der Waals surface area contributed by atoms with E-state index in [4.69, 9.17) is 21.5 Å². The van der Waals surface area contributed by atoms with Crippen molar-refractivity contribution in [3.63, 3.8) is 0 Å². The van der Waals surface area contributed by atoms with Gasteiger partial charge in [-0.3, -0.25) is 9.67 Å². The summed E-state index contributed by atoms with van der Waals surface area (Å²) in [4.78, 5) is 0. The van der Waals surface area contributed by atoms with Crippen LogP contribution in [0.15, 0.2) is 10.6 Å². The number of hydrogen-bond donors (Lipinski definition) is 1. The fourth-order valence-corrected chi connectivity index (χ4v) is 2.13. The van der Waals surface area contributed by atoms with Crippen LogP contribution in [-0.2, 0) is 16.9 Å². The molecule has 0 saturated heterocycles. The monoisotopic (exact) mass is 268 g/mol. The van der Waals surface area contributed by atoms with Crippen molar-refractivity contribution in [2.45, 2.75) is 32.9 Å². The smallest absolute Gasteiger partial charge is 0.195 e. The molecule has 0 aromatic carbocycles. The first kappa shape index (κ1) is 13.0. The van der Waals surface area contributed by atoms with E-state index in [0.717, 1.165) is 0 Å². The van der Waals surface area contributed by atoms with Gasteiger partial charge in [-0.1, -0.05) is 5.16 Å². The molecule has 0 amide bonds. The lowest BCUT2D eigenvalue weighted by Crippen LogP contribution is -2.23. The fourth-order valence-electron chi connectivity index (χ4n) is 1.72. The van der Waals surface area contributed by atoms with Crippen molar-refractivity contribution < 1.29 is 9.26 Å². The van der Waals surface area contributed by atoms with E-state index in [0.29, 0.717) is 28.7 Å². The average Bonchev–Trinajstić information content (AvgIpc) is 2.83. The zero-order valence-electron chi connectivity index (χ0n) is 10.9. The number of aromatic nitrogens is 4. The zero-order chi connectivity index (χ0) is 13.3. The summed E-state index contributed by atoms with van der Waals surface area (Å²) in [7, 11) is 1.60. The molecule has 0 bridgehead atoms. The summed E-state index contributed by atoms with van der Waals surface area (Å²) in [6.07, 6.45) is 0. The number of nitrogens with zero attached hydrogens (tertiary/aromatic N) is 3. The minimum atomic E-state index is -0.181. The topological polar surface area (TPSA) is 68.9 Å². The van der Waals surface area contributed by atoms with Crippen LogP contribution in [0.1, 0.15) is 26.5 Å². The van der Waals surface area contributed by atoms with Gasteiger partial charge >= 0.3 is 0 Å². The SMILES string of the molecule is COCc1cc(-c2n[nH]c(=S)n2C(C)(C)C)no1. The number of ether oxygens (including phenoxy) is 1. The van der Waals surface area contributed by atoms with Gasteiger partial charge in [-0.25, -0.2) is 0 Å². The summed E-state index contributed by atoms with van der Waals surface area (Å²) >= 11 is 5.24. The van der Waals surface area contributed by atoms with Gasteiger partial charge in [0.25, 0.3) is 0 Å². The molecule has 0 fully saturated rings. The zero-order valence-corrected chi connectivity index (χ0v) is 11.7. The molecule has 0 saturated carbocycles. The summed E-state index contributed by atoms with van der Waals surface area (Å²) in [5.41, 5.74) is 0.462. The molecule has 1 N–H and O–H groups in total. The Morgan fingerprint density at radius 2 is 2.22 bits per heavy atom. The highest BCUT2D eigenvalue weighted by atomic mass is 32.1. The Bertz CT molecular complexity index is 591. The second-order valence-corrected chi connectivity index (χ2v) is 5.36. The highest BCUT2D eigenvalue weighted by Gasteiger charge is 2.22. The Morgan fingerprint density at radius 1 is 1.50 bits per heavy atom. The van der Waals surface area contributed by atoms with E-state index in [9.17, 15) is 0 Å². The molecular weight excluding hydrogens is 252 g/mol. The predicted molar refractivity (Wildman–Crippen MR) is 68.6 cm³/mol. The largest absolute Gasteiger partial charge is 0.377 e. The van der Waals surface area contributed by atoms with E-state index < -0.39 is 0 Å². The first-order valence-corrected chi connectivity index (χ1v) is 5.97. The highest BCUT2D eigenvalue weighted by Crippen LogP contribution is 2.24. The molecule has 0 aliphatic rings. The summed E-state index contributed by atoms with van der Waals surface area (Å²) in [6.45, 7) is 6.54. The van der Waals surface area contributed by atoms with E-state index in [1.807, 2.05) is 4.57 Å². The normalized spacial score (nSPS) is 12.0. The standard InChI is InChI=1S/C11H16N4O2S/c1-11(2,3)15-9(12-13-10(15)18)8-5-7(6-16-4)17-14-8/h5H,6H2,1-4H3,(H,13,18). The van der Waals surface area contributed by atoms with Gasteiger partial charge in [0.15, 0.2) is 22.0 Å². The number of aromatic amines is 1. The molecule has 0 aliphatic carbocycles. The van der Waals surface area contributed by atoms with Gasteiger partial charge in [0.2, 0.25) is 0 Å². The molecule has 2 aromatic heterocycles. The van der Waals surface area contributed by atoms with Gasteiger partial charge in [-0.15, -0.1) is 0 Å². The van der Waals surface area contributed by atoms with Crippen LogP contribution >= 0.6 is 12.2 Å².